The number of fused-ring (bicyclic) bond motifs is 1. The van der Waals surface area contributed by atoms with Gasteiger partial charge in [-0.1, -0.05) is 48.9 Å². The van der Waals surface area contributed by atoms with Crippen molar-refractivity contribution in [1.29, 1.82) is 0 Å². The van der Waals surface area contributed by atoms with Crippen LogP contribution in [0.3, 0.4) is 0 Å². The third-order valence-corrected chi connectivity index (χ3v) is 6.44. The average Bonchev–Trinajstić information content (AvgIpc) is 3.19. The highest BCUT2D eigenvalue weighted by atomic mass is 16.2. The fraction of sp³-hybridized carbons (Fsp3) is 0.250. The Kier molecular flexibility index (Phi) is 6.13. The van der Waals surface area contributed by atoms with Gasteiger partial charge in [-0.3, -0.25) is 9.69 Å². The third-order valence-electron chi connectivity index (χ3n) is 6.44. The van der Waals surface area contributed by atoms with Crippen LogP contribution >= 0.6 is 0 Å². The minimum absolute atomic E-state index is 0.0914. The van der Waals surface area contributed by atoms with E-state index in [0.29, 0.717) is 5.57 Å². The molecule has 0 bridgehead atoms. The maximum atomic E-state index is 13.1. The van der Waals surface area contributed by atoms with Gasteiger partial charge in [-0.2, -0.15) is 0 Å². The van der Waals surface area contributed by atoms with Crippen LogP contribution in [0.5, 0.6) is 0 Å². The second-order valence-corrected chi connectivity index (χ2v) is 8.74. The van der Waals surface area contributed by atoms with E-state index in [4.69, 9.17) is 0 Å². The molecule has 33 heavy (non-hydrogen) atoms. The Hall–Kier alpha value is -3.57. The molecule has 3 aromatic carbocycles. The summed E-state index contributed by atoms with van der Waals surface area (Å²) in [7, 11) is 1.88. The van der Waals surface area contributed by atoms with Crippen LogP contribution < -0.4 is 16.0 Å². The summed E-state index contributed by atoms with van der Waals surface area (Å²) in [6, 6.07) is 24.6. The number of carbonyl (C=O) groups is 1. The predicted molar refractivity (Wildman–Crippen MR) is 137 cm³/mol. The van der Waals surface area contributed by atoms with E-state index < -0.39 is 0 Å². The highest BCUT2D eigenvalue weighted by molar-refractivity contribution is 6.37. The molecule has 1 saturated heterocycles. The molecule has 3 N–H and O–H groups in total. The summed E-state index contributed by atoms with van der Waals surface area (Å²) in [6.45, 7) is 3.37. The highest BCUT2D eigenvalue weighted by Crippen LogP contribution is 2.38. The van der Waals surface area contributed by atoms with E-state index in [1.165, 1.54) is 37.9 Å². The van der Waals surface area contributed by atoms with Gasteiger partial charge >= 0.3 is 0 Å². The van der Waals surface area contributed by atoms with Gasteiger partial charge in [0.05, 0.1) is 17.0 Å². The smallest absolute Gasteiger partial charge is 0.258 e. The lowest BCUT2D eigenvalue weighted by atomic mass is 9.99. The zero-order valence-electron chi connectivity index (χ0n) is 19.0. The number of rotatable bonds is 6. The van der Waals surface area contributed by atoms with Crippen molar-refractivity contribution in [2.45, 2.75) is 25.8 Å². The molecular formula is C28H30N4O. The number of nitrogens with zero attached hydrogens (tertiary/aromatic N) is 1. The number of carbonyl (C=O) groups excluding carboxylic acids is 1. The summed E-state index contributed by atoms with van der Waals surface area (Å²) >= 11 is 0. The fourth-order valence-corrected chi connectivity index (χ4v) is 4.67. The third kappa shape index (κ3) is 4.64. The Bertz CT molecular complexity index is 1160. The molecule has 0 spiro atoms. The number of piperidine rings is 1. The van der Waals surface area contributed by atoms with Gasteiger partial charge in [0.1, 0.15) is 0 Å². The van der Waals surface area contributed by atoms with Gasteiger partial charge in [0, 0.05) is 30.5 Å². The van der Waals surface area contributed by atoms with Crippen LogP contribution in [-0.2, 0) is 11.3 Å². The van der Waals surface area contributed by atoms with Crippen LogP contribution in [-0.4, -0.2) is 30.9 Å². The molecule has 1 fully saturated rings. The van der Waals surface area contributed by atoms with E-state index in [9.17, 15) is 4.79 Å². The van der Waals surface area contributed by atoms with Crippen molar-refractivity contribution in [3.63, 3.8) is 0 Å². The highest BCUT2D eigenvalue weighted by Gasteiger charge is 2.28. The summed E-state index contributed by atoms with van der Waals surface area (Å²) in [4.78, 5) is 15.6. The van der Waals surface area contributed by atoms with E-state index >= 15 is 0 Å². The molecule has 0 aromatic heterocycles. The molecular weight excluding hydrogens is 408 g/mol. The van der Waals surface area contributed by atoms with E-state index in [1.807, 2.05) is 55.6 Å². The van der Waals surface area contributed by atoms with Crippen molar-refractivity contribution >= 4 is 34.2 Å². The maximum absolute atomic E-state index is 13.1. The molecule has 0 atom stereocenters. The average molecular weight is 439 g/mol. The van der Waals surface area contributed by atoms with Crippen molar-refractivity contribution in [2.24, 2.45) is 0 Å². The van der Waals surface area contributed by atoms with Crippen molar-refractivity contribution in [2.75, 3.05) is 36.1 Å². The lowest BCUT2D eigenvalue weighted by Crippen LogP contribution is -2.29. The monoisotopic (exact) mass is 438 g/mol. The SMILES string of the molecule is CNc1ccc2c(c1)NC(=O)/C2=C(\Nc1ccc(CN2CCCCC2)cc1)c1ccccc1. The Balaban J connectivity index is 1.47. The number of nitrogens with one attached hydrogen (secondary N) is 3. The largest absolute Gasteiger partial charge is 0.388 e. The normalized spacial score (nSPS) is 17.3. The van der Waals surface area contributed by atoms with Crippen LogP contribution in [0.25, 0.3) is 11.3 Å². The zero-order valence-corrected chi connectivity index (χ0v) is 19.0. The minimum atomic E-state index is -0.0914. The molecule has 0 unspecified atom stereocenters. The summed E-state index contributed by atoms with van der Waals surface area (Å²) < 4.78 is 0. The predicted octanol–water partition coefficient (Wildman–Crippen LogP) is 5.65. The lowest BCUT2D eigenvalue weighted by Gasteiger charge is -2.26. The molecule has 2 aliphatic rings. The van der Waals surface area contributed by atoms with Gasteiger partial charge in [-0.15, -0.1) is 0 Å². The fourth-order valence-electron chi connectivity index (χ4n) is 4.67. The van der Waals surface area contributed by atoms with E-state index in [1.54, 1.807) is 0 Å². The first-order chi connectivity index (χ1) is 16.2. The summed E-state index contributed by atoms with van der Waals surface area (Å²) in [5.74, 6) is -0.0914. The Morgan fingerprint density at radius 3 is 2.36 bits per heavy atom. The molecule has 3 aromatic rings. The first kappa shape index (κ1) is 21.3. The first-order valence-electron chi connectivity index (χ1n) is 11.7. The summed E-state index contributed by atoms with van der Waals surface area (Å²) in [5, 5.41) is 9.72. The topological polar surface area (TPSA) is 56.4 Å². The van der Waals surface area contributed by atoms with Crippen LogP contribution in [0, 0.1) is 0 Å². The molecule has 168 valence electrons. The number of anilines is 3. The molecule has 5 heteroatoms. The van der Waals surface area contributed by atoms with Crippen LogP contribution in [0.15, 0.2) is 72.8 Å². The number of likely N-dealkylation sites (tertiary alicyclic amines) is 1. The standard InChI is InChI=1S/C28H30N4O/c1-29-23-14-15-24-25(18-23)31-28(33)26(24)27(21-8-4-2-5-9-21)30-22-12-10-20(11-13-22)19-32-16-6-3-7-17-32/h2,4-5,8-15,18,29-30H,3,6-7,16-17,19H2,1H3,(H,31,33)/b27-26-. The lowest BCUT2D eigenvalue weighted by molar-refractivity contribution is -0.110. The van der Waals surface area contributed by atoms with Crippen LogP contribution in [0.4, 0.5) is 17.1 Å². The van der Waals surface area contributed by atoms with Crippen molar-refractivity contribution in [3.8, 4) is 0 Å². The second kappa shape index (κ2) is 9.51. The Morgan fingerprint density at radius 2 is 1.64 bits per heavy atom. The van der Waals surface area contributed by atoms with E-state index in [0.717, 1.165) is 40.4 Å². The maximum Gasteiger partial charge on any atom is 0.258 e. The van der Waals surface area contributed by atoms with E-state index in [2.05, 4.69) is 45.1 Å². The molecule has 2 heterocycles. The first-order valence-corrected chi connectivity index (χ1v) is 11.7. The van der Waals surface area contributed by atoms with Crippen molar-refractivity contribution in [3.05, 3.63) is 89.5 Å². The number of amides is 1. The number of hydrogen-bond donors (Lipinski definition) is 3. The van der Waals surface area contributed by atoms with Crippen LogP contribution in [0.1, 0.15) is 36.0 Å². The summed E-state index contributed by atoms with van der Waals surface area (Å²) in [6.07, 6.45) is 3.95. The second-order valence-electron chi connectivity index (χ2n) is 8.74. The number of benzene rings is 3. The molecule has 0 aliphatic carbocycles. The van der Waals surface area contributed by atoms with Gasteiger partial charge in [-0.05, 0) is 67.4 Å². The van der Waals surface area contributed by atoms with Gasteiger partial charge < -0.3 is 16.0 Å². The van der Waals surface area contributed by atoms with Crippen LogP contribution in [0.2, 0.25) is 0 Å². The minimum Gasteiger partial charge on any atom is -0.388 e. The molecule has 5 nitrogen and oxygen atoms in total. The van der Waals surface area contributed by atoms with E-state index in [-0.39, 0.29) is 5.91 Å². The molecule has 5 rings (SSSR count). The van der Waals surface area contributed by atoms with Gasteiger partial charge in [0.2, 0.25) is 0 Å². The molecule has 1 amide bonds. The molecule has 0 saturated carbocycles. The Morgan fingerprint density at radius 1 is 0.909 bits per heavy atom. The number of hydrogen-bond acceptors (Lipinski definition) is 4. The van der Waals surface area contributed by atoms with Crippen molar-refractivity contribution < 1.29 is 4.79 Å². The molecule has 0 radical (unpaired) electrons. The zero-order chi connectivity index (χ0) is 22.6. The van der Waals surface area contributed by atoms with Gasteiger partial charge in [-0.25, -0.2) is 0 Å². The Labute approximate surface area is 195 Å². The quantitative estimate of drug-likeness (QED) is 0.436. The van der Waals surface area contributed by atoms with Gasteiger partial charge in [0.25, 0.3) is 5.91 Å². The van der Waals surface area contributed by atoms with Gasteiger partial charge in [0.15, 0.2) is 0 Å². The van der Waals surface area contributed by atoms with Crippen molar-refractivity contribution in [1.82, 2.24) is 4.90 Å². The molecule has 2 aliphatic heterocycles. The summed E-state index contributed by atoms with van der Waals surface area (Å²) in [5.41, 5.74) is 7.45.